The molecule has 4 heteroatoms. The largest absolute Gasteiger partial charge is 0.350 e. The molecule has 0 saturated heterocycles. The molecule has 23 heavy (non-hydrogen) atoms. The minimum Gasteiger partial charge on any atom is -0.350 e. The number of fused-ring (bicyclic) bond motifs is 3. The molecule has 3 heterocycles. The third-order valence-corrected chi connectivity index (χ3v) is 4.75. The Kier molecular flexibility index (Phi) is 3.18. The van der Waals surface area contributed by atoms with Crippen molar-refractivity contribution in [3.05, 3.63) is 70.7 Å². The van der Waals surface area contributed by atoms with Crippen LogP contribution in [0, 0.1) is 13.8 Å². The number of carbonyl (C=O) groups excluding carboxylic acids is 1. The van der Waals surface area contributed by atoms with E-state index in [4.69, 9.17) is 4.98 Å². The number of pyridine rings is 1. The second kappa shape index (κ2) is 5.23. The zero-order chi connectivity index (χ0) is 16.0. The lowest BCUT2D eigenvalue weighted by atomic mass is 9.89. The van der Waals surface area contributed by atoms with Gasteiger partial charge in [0.2, 0.25) is 5.91 Å². The Bertz CT molecular complexity index is 910. The van der Waals surface area contributed by atoms with Crippen LogP contribution in [0.4, 0.5) is 0 Å². The van der Waals surface area contributed by atoms with E-state index < -0.39 is 0 Å². The number of aromatic nitrogens is 2. The maximum atomic E-state index is 12.2. The van der Waals surface area contributed by atoms with Gasteiger partial charge in [-0.2, -0.15) is 0 Å². The number of imidazole rings is 1. The Morgan fingerprint density at radius 2 is 2.04 bits per heavy atom. The molecule has 3 aromatic rings. The van der Waals surface area contributed by atoms with Crippen molar-refractivity contribution in [1.82, 2.24) is 14.7 Å². The molecule has 0 bridgehead atoms. The third-order valence-electron chi connectivity index (χ3n) is 4.75. The lowest BCUT2D eigenvalue weighted by Crippen LogP contribution is -2.21. The molecule has 1 aliphatic heterocycles. The number of nitrogens with one attached hydrogen (secondary N) is 1. The molecule has 0 fully saturated rings. The van der Waals surface area contributed by atoms with Crippen LogP contribution in [0.5, 0.6) is 0 Å². The Morgan fingerprint density at radius 3 is 2.87 bits per heavy atom. The molecular weight excluding hydrogens is 286 g/mol. The van der Waals surface area contributed by atoms with Crippen LogP contribution in [0.2, 0.25) is 0 Å². The zero-order valence-electron chi connectivity index (χ0n) is 13.3. The predicted molar refractivity (Wildman–Crippen MR) is 89.4 cm³/mol. The van der Waals surface area contributed by atoms with E-state index >= 15 is 0 Å². The zero-order valence-corrected chi connectivity index (χ0v) is 13.3. The van der Waals surface area contributed by atoms with Crippen molar-refractivity contribution in [3.63, 3.8) is 0 Å². The van der Waals surface area contributed by atoms with Gasteiger partial charge in [-0.25, -0.2) is 4.98 Å². The molecule has 1 aliphatic rings. The lowest BCUT2D eigenvalue weighted by molar-refractivity contribution is -0.121. The van der Waals surface area contributed by atoms with Gasteiger partial charge in [0.1, 0.15) is 5.65 Å². The topological polar surface area (TPSA) is 46.4 Å². The fraction of sp³-hybridized carbons (Fsp3) is 0.263. The first-order chi connectivity index (χ1) is 11.1. The highest BCUT2D eigenvalue weighted by molar-refractivity contribution is 5.78. The van der Waals surface area contributed by atoms with Crippen molar-refractivity contribution < 1.29 is 4.79 Å². The number of nitrogens with zero attached hydrogens (tertiary/aromatic N) is 2. The standard InChI is InChI=1S/C19H19N3O/c1-12-6-7-14(9-13(12)2)15-10-18(23)20-11-16-19(15)22-8-4-3-5-17(22)21-16/h3-9,15H,10-11H2,1-2H3,(H,20,23). The van der Waals surface area contributed by atoms with Gasteiger partial charge in [0, 0.05) is 18.5 Å². The highest BCUT2D eigenvalue weighted by Gasteiger charge is 2.28. The molecule has 1 aromatic carbocycles. The number of hydrogen-bond donors (Lipinski definition) is 1. The monoisotopic (exact) mass is 305 g/mol. The van der Waals surface area contributed by atoms with E-state index in [0.29, 0.717) is 13.0 Å². The molecule has 2 aromatic heterocycles. The Morgan fingerprint density at radius 1 is 1.17 bits per heavy atom. The van der Waals surface area contributed by atoms with Gasteiger partial charge in [0.25, 0.3) is 0 Å². The maximum absolute atomic E-state index is 12.2. The second-order valence-corrected chi connectivity index (χ2v) is 6.25. The number of benzene rings is 1. The van der Waals surface area contributed by atoms with Crippen molar-refractivity contribution in [2.75, 3.05) is 0 Å². The molecule has 0 saturated carbocycles. The third kappa shape index (κ3) is 2.31. The first-order valence-electron chi connectivity index (χ1n) is 7.93. The van der Waals surface area contributed by atoms with Gasteiger partial charge >= 0.3 is 0 Å². The summed E-state index contributed by atoms with van der Waals surface area (Å²) in [6.45, 7) is 4.72. The summed E-state index contributed by atoms with van der Waals surface area (Å²) in [6, 6.07) is 12.5. The van der Waals surface area contributed by atoms with Crippen molar-refractivity contribution in [2.24, 2.45) is 0 Å². The Balaban J connectivity index is 1.94. The molecule has 1 N–H and O–H groups in total. The average molecular weight is 305 g/mol. The first kappa shape index (κ1) is 14.0. The smallest absolute Gasteiger partial charge is 0.221 e. The minimum atomic E-state index is 0.0317. The van der Waals surface area contributed by atoms with E-state index in [9.17, 15) is 4.79 Å². The summed E-state index contributed by atoms with van der Waals surface area (Å²) < 4.78 is 2.12. The van der Waals surface area contributed by atoms with Crippen molar-refractivity contribution in [1.29, 1.82) is 0 Å². The van der Waals surface area contributed by atoms with Gasteiger partial charge in [-0.05, 0) is 42.7 Å². The number of rotatable bonds is 1. The molecule has 0 aliphatic carbocycles. The molecular formula is C19H19N3O. The summed E-state index contributed by atoms with van der Waals surface area (Å²) in [7, 11) is 0. The maximum Gasteiger partial charge on any atom is 0.221 e. The summed E-state index contributed by atoms with van der Waals surface area (Å²) in [5.74, 6) is 0.111. The van der Waals surface area contributed by atoms with Gasteiger partial charge in [0.15, 0.2) is 0 Å². The average Bonchev–Trinajstić information content (AvgIpc) is 2.83. The van der Waals surface area contributed by atoms with Crippen molar-refractivity contribution >= 4 is 11.6 Å². The number of hydrogen-bond acceptors (Lipinski definition) is 2. The highest BCUT2D eigenvalue weighted by Crippen LogP contribution is 2.33. The summed E-state index contributed by atoms with van der Waals surface area (Å²) in [4.78, 5) is 16.9. The molecule has 4 rings (SSSR count). The fourth-order valence-corrected chi connectivity index (χ4v) is 3.36. The Hall–Kier alpha value is -2.62. The van der Waals surface area contributed by atoms with Gasteiger partial charge in [-0.3, -0.25) is 4.79 Å². The second-order valence-electron chi connectivity index (χ2n) is 6.25. The minimum absolute atomic E-state index is 0.0317. The van der Waals surface area contributed by atoms with Crippen LogP contribution < -0.4 is 5.32 Å². The van der Waals surface area contributed by atoms with E-state index in [0.717, 1.165) is 17.0 Å². The molecule has 4 nitrogen and oxygen atoms in total. The first-order valence-corrected chi connectivity index (χ1v) is 7.93. The summed E-state index contributed by atoms with van der Waals surface area (Å²) in [6.07, 6.45) is 2.49. The van der Waals surface area contributed by atoms with Crippen molar-refractivity contribution in [3.8, 4) is 0 Å². The lowest BCUT2D eigenvalue weighted by Gasteiger charge is -2.17. The highest BCUT2D eigenvalue weighted by atomic mass is 16.1. The quantitative estimate of drug-likeness (QED) is 0.751. The van der Waals surface area contributed by atoms with E-state index in [1.807, 2.05) is 24.4 Å². The van der Waals surface area contributed by atoms with Gasteiger partial charge in [-0.1, -0.05) is 24.3 Å². The van der Waals surface area contributed by atoms with Crippen LogP contribution in [0.25, 0.3) is 5.65 Å². The van der Waals surface area contributed by atoms with Gasteiger partial charge in [-0.15, -0.1) is 0 Å². The van der Waals surface area contributed by atoms with Crippen LogP contribution >= 0.6 is 0 Å². The van der Waals surface area contributed by atoms with E-state index in [-0.39, 0.29) is 11.8 Å². The molecule has 1 amide bonds. The van der Waals surface area contributed by atoms with E-state index in [1.165, 1.54) is 16.7 Å². The van der Waals surface area contributed by atoms with Crippen LogP contribution in [0.1, 0.15) is 40.4 Å². The van der Waals surface area contributed by atoms with Crippen LogP contribution in [0.15, 0.2) is 42.6 Å². The van der Waals surface area contributed by atoms with Gasteiger partial charge < -0.3 is 9.72 Å². The summed E-state index contributed by atoms with van der Waals surface area (Å²) >= 11 is 0. The predicted octanol–water partition coefficient (Wildman–Crippen LogP) is 3.10. The van der Waals surface area contributed by atoms with Crippen LogP contribution in [-0.2, 0) is 11.3 Å². The number of aryl methyl sites for hydroxylation is 2. The van der Waals surface area contributed by atoms with Crippen molar-refractivity contribution in [2.45, 2.75) is 32.7 Å². The molecule has 1 unspecified atom stereocenters. The normalized spacial score (nSPS) is 17.7. The van der Waals surface area contributed by atoms with Gasteiger partial charge in [0.05, 0.1) is 17.9 Å². The molecule has 1 atom stereocenters. The SMILES string of the molecule is Cc1ccc(C2CC(=O)NCc3nc4ccccn4c32)cc1C. The summed E-state index contributed by atoms with van der Waals surface area (Å²) in [5.41, 5.74) is 6.72. The molecule has 116 valence electrons. The molecule has 0 radical (unpaired) electrons. The van der Waals surface area contributed by atoms with Crippen LogP contribution in [-0.4, -0.2) is 15.3 Å². The number of carbonyl (C=O) groups is 1. The number of amides is 1. The summed E-state index contributed by atoms with van der Waals surface area (Å²) in [5, 5.41) is 2.97. The Labute approximate surface area is 135 Å². The fourth-order valence-electron chi connectivity index (χ4n) is 3.36. The molecule has 0 spiro atoms. The van der Waals surface area contributed by atoms with Crippen LogP contribution in [0.3, 0.4) is 0 Å². The van der Waals surface area contributed by atoms with E-state index in [2.05, 4.69) is 41.8 Å². The van der Waals surface area contributed by atoms with E-state index in [1.54, 1.807) is 0 Å².